The van der Waals surface area contributed by atoms with Crippen LogP contribution in [0.4, 0.5) is 27.8 Å². The van der Waals surface area contributed by atoms with Crippen LogP contribution in [0.15, 0.2) is 48.5 Å². The van der Waals surface area contributed by atoms with Gasteiger partial charge in [-0.2, -0.15) is 23.5 Å². The van der Waals surface area contributed by atoms with E-state index in [1.165, 1.54) is 24.3 Å². The molecule has 1 saturated heterocycles. The van der Waals surface area contributed by atoms with Gasteiger partial charge in [-0.05, 0) is 29.8 Å². The molecule has 1 aliphatic rings. The van der Waals surface area contributed by atoms with Crippen molar-refractivity contribution in [2.45, 2.75) is 24.5 Å². The van der Waals surface area contributed by atoms with Crippen LogP contribution in [0.3, 0.4) is 0 Å². The van der Waals surface area contributed by atoms with E-state index < -0.39 is 47.4 Å². The second-order valence-electron chi connectivity index (χ2n) is 8.78. The first-order valence-corrected chi connectivity index (χ1v) is 11.6. The Labute approximate surface area is 215 Å². The molecule has 0 aliphatic carbocycles. The van der Waals surface area contributed by atoms with Crippen LogP contribution >= 0.6 is 0 Å². The SMILES string of the molecule is COCCN1C[C@@H](NC(O)Nc2c(C#N)c(C(F)(F)F)nn2-c2ccccc2)[C@H](c2ccc(F)c(F)c2)C1. The molecule has 0 radical (unpaired) electrons. The van der Waals surface area contributed by atoms with Crippen molar-refractivity contribution in [3.05, 3.63) is 77.0 Å². The number of hydrogen-bond donors (Lipinski definition) is 3. The van der Waals surface area contributed by atoms with Crippen LogP contribution in [-0.4, -0.2) is 65.5 Å². The number of ether oxygens (including phenoxy) is 1. The molecule has 202 valence electrons. The first-order chi connectivity index (χ1) is 18.1. The third kappa shape index (κ3) is 5.94. The minimum atomic E-state index is -4.91. The Balaban J connectivity index is 1.62. The first-order valence-electron chi connectivity index (χ1n) is 11.6. The summed E-state index contributed by atoms with van der Waals surface area (Å²) in [6.45, 7) is 1.76. The molecule has 1 fully saturated rings. The fourth-order valence-electron chi connectivity index (χ4n) is 4.52. The van der Waals surface area contributed by atoms with Gasteiger partial charge in [-0.1, -0.05) is 24.3 Å². The highest BCUT2D eigenvalue weighted by molar-refractivity contribution is 5.60. The van der Waals surface area contributed by atoms with Crippen LogP contribution in [0.5, 0.6) is 0 Å². The van der Waals surface area contributed by atoms with E-state index in [9.17, 15) is 32.3 Å². The number of para-hydroxylation sites is 1. The van der Waals surface area contributed by atoms with E-state index in [1.807, 2.05) is 4.90 Å². The van der Waals surface area contributed by atoms with Gasteiger partial charge in [0.15, 0.2) is 29.5 Å². The molecular formula is C25H25F5N6O2. The highest BCUT2D eigenvalue weighted by Crippen LogP contribution is 2.36. The second-order valence-corrected chi connectivity index (χ2v) is 8.78. The Bertz CT molecular complexity index is 1290. The largest absolute Gasteiger partial charge is 0.436 e. The maximum absolute atomic E-state index is 14.0. The number of aliphatic hydroxyl groups is 1. The number of alkyl halides is 3. The molecule has 13 heteroatoms. The molecule has 1 aromatic heterocycles. The number of hydrogen-bond acceptors (Lipinski definition) is 7. The number of nitriles is 1. The molecule has 0 amide bonds. The zero-order valence-corrected chi connectivity index (χ0v) is 20.2. The van der Waals surface area contributed by atoms with Crippen molar-refractivity contribution >= 4 is 5.82 Å². The van der Waals surface area contributed by atoms with Gasteiger partial charge in [0.2, 0.25) is 0 Å². The van der Waals surface area contributed by atoms with Crippen molar-refractivity contribution in [1.29, 1.82) is 5.26 Å². The quantitative estimate of drug-likeness (QED) is 0.285. The summed E-state index contributed by atoms with van der Waals surface area (Å²) in [6, 6.07) is 12.4. The third-order valence-electron chi connectivity index (χ3n) is 6.29. The van der Waals surface area contributed by atoms with E-state index in [2.05, 4.69) is 15.7 Å². The molecule has 3 aromatic rings. The lowest BCUT2D eigenvalue weighted by Crippen LogP contribution is -2.46. The van der Waals surface area contributed by atoms with Gasteiger partial charge in [0.05, 0.1) is 12.3 Å². The summed E-state index contributed by atoms with van der Waals surface area (Å²) in [5, 5.41) is 29.5. The normalized spacial score (nSPS) is 18.9. The van der Waals surface area contributed by atoms with Crippen LogP contribution in [0.25, 0.3) is 5.69 Å². The summed E-state index contributed by atoms with van der Waals surface area (Å²) < 4.78 is 74.5. The van der Waals surface area contributed by atoms with Gasteiger partial charge in [0.1, 0.15) is 11.6 Å². The Morgan fingerprint density at radius 1 is 1.16 bits per heavy atom. The molecule has 38 heavy (non-hydrogen) atoms. The number of aliphatic hydroxyl groups excluding tert-OH is 1. The highest BCUT2D eigenvalue weighted by Gasteiger charge is 2.41. The Kier molecular flexibility index (Phi) is 8.27. The van der Waals surface area contributed by atoms with Gasteiger partial charge in [-0.15, -0.1) is 0 Å². The smallest absolute Gasteiger partial charge is 0.383 e. The molecule has 3 N–H and O–H groups in total. The van der Waals surface area contributed by atoms with Gasteiger partial charge in [-0.3, -0.25) is 10.2 Å². The van der Waals surface area contributed by atoms with Crippen molar-refractivity contribution in [2.75, 3.05) is 38.7 Å². The summed E-state index contributed by atoms with van der Waals surface area (Å²) in [4.78, 5) is 2.00. The minimum absolute atomic E-state index is 0.237. The van der Waals surface area contributed by atoms with Gasteiger partial charge < -0.3 is 15.2 Å². The number of halogens is 5. The van der Waals surface area contributed by atoms with E-state index in [-0.39, 0.29) is 11.5 Å². The Morgan fingerprint density at radius 2 is 1.89 bits per heavy atom. The molecule has 0 spiro atoms. The predicted octanol–water partition coefficient (Wildman–Crippen LogP) is 3.43. The second kappa shape index (κ2) is 11.4. The van der Waals surface area contributed by atoms with Crippen LogP contribution in [0, 0.1) is 23.0 Å². The Morgan fingerprint density at radius 3 is 2.53 bits per heavy atom. The van der Waals surface area contributed by atoms with E-state index in [4.69, 9.17) is 4.74 Å². The molecule has 0 bridgehead atoms. The average Bonchev–Trinajstić information content (AvgIpc) is 3.46. The lowest BCUT2D eigenvalue weighted by molar-refractivity contribution is -0.141. The number of likely N-dealkylation sites (tertiary alicyclic amines) is 1. The number of benzene rings is 2. The standard InChI is InChI=1S/C25H25F5N6O2/c1-38-10-9-35-13-18(15-7-8-19(26)20(27)11-15)21(14-35)32-24(37)33-23-17(12-31)22(25(28,29)30)34-36(23)16-5-3-2-4-6-16/h2-8,11,18,21,24,32-33,37H,9-10,13-14H2,1H3/t18-,21+,24?/m0/s1. The zero-order valence-electron chi connectivity index (χ0n) is 20.2. The van der Waals surface area contributed by atoms with Crippen molar-refractivity contribution in [2.24, 2.45) is 0 Å². The number of nitrogens with zero attached hydrogens (tertiary/aromatic N) is 4. The summed E-state index contributed by atoms with van der Waals surface area (Å²) in [5.41, 5.74) is -1.46. The third-order valence-corrected chi connectivity index (χ3v) is 6.29. The van der Waals surface area contributed by atoms with E-state index in [1.54, 1.807) is 25.3 Å². The lowest BCUT2D eigenvalue weighted by atomic mass is 9.94. The Hall–Kier alpha value is -3.57. The van der Waals surface area contributed by atoms with Crippen LogP contribution < -0.4 is 10.6 Å². The molecule has 3 atom stereocenters. The molecule has 1 unspecified atom stereocenters. The highest BCUT2D eigenvalue weighted by atomic mass is 19.4. The molecule has 2 heterocycles. The van der Waals surface area contributed by atoms with Gasteiger partial charge in [-0.25, -0.2) is 13.5 Å². The molecule has 4 rings (SSSR count). The van der Waals surface area contributed by atoms with Crippen LogP contribution in [0.2, 0.25) is 0 Å². The maximum Gasteiger partial charge on any atom is 0.436 e. The summed E-state index contributed by atoms with van der Waals surface area (Å²) >= 11 is 0. The zero-order chi connectivity index (χ0) is 27.4. The molecular weight excluding hydrogens is 511 g/mol. The van der Waals surface area contributed by atoms with Gasteiger partial charge >= 0.3 is 6.18 Å². The predicted molar refractivity (Wildman–Crippen MR) is 127 cm³/mol. The average molecular weight is 537 g/mol. The summed E-state index contributed by atoms with van der Waals surface area (Å²) in [6.07, 6.45) is -6.53. The minimum Gasteiger partial charge on any atom is -0.383 e. The summed E-state index contributed by atoms with van der Waals surface area (Å²) in [7, 11) is 1.55. The van der Waals surface area contributed by atoms with Crippen LogP contribution in [-0.2, 0) is 10.9 Å². The fourth-order valence-corrected chi connectivity index (χ4v) is 4.52. The molecule has 0 saturated carbocycles. The maximum atomic E-state index is 14.0. The number of rotatable bonds is 9. The summed E-state index contributed by atoms with van der Waals surface area (Å²) in [5.74, 6) is -2.75. The molecule has 8 nitrogen and oxygen atoms in total. The van der Waals surface area contributed by atoms with Crippen molar-refractivity contribution in [3.8, 4) is 11.8 Å². The van der Waals surface area contributed by atoms with Gasteiger partial charge in [0.25, 0.3) is 0 Å². The lowest BCUT2D eigenvalue weighted by Gasteiger charge is -2.25. The van der Waals surface area contributed by atoms with E-state index >= 15 is 0 Å². The molecule has 2 aromatic carbocycles. The number of anilines is 1. The first kappa shape index (κ1) is 27.5. The fraction of sp³-hybridized carbons (Fsp3) is 0.360. The molecule has 1 aliphatic heterocycles. The van der Waals surface area contributed by atoms with Gasteiger partial charge in [0, 0.05) is 38.7 Å². The van der Waals surface area contributed by atoms with Crippen molar-refractivity contribution in [1.82, 2.24) is 20.0 Å². The van der Waals surface area contributed by atoms with Crippen molar-refractivity contribution < 1.29 is 31.8 Å². The van der Waals surface area contributed by atoms with E-state index in [0.29, 0.717) is 31.8 Å². The number of aromatic nitrogens is 2. The van der Waals surface area contributed by atoms with E-state index in [0.717, 1.165) is 16.8 Å². The number of nitrogens with one attached hydrogen (secondary N) is 2. The van der Waals surface area contributed by atoms with Crippen LogP contribution in [0.1, 0.15) is 22.7 Å². The van der Waals surface area contributed by atoms with Crippen molar-refractivity contribution in [3.63, 3.8) is 0 Å². The topological polar surface area (TPSA) is 98.4 Å². The monoisotopic (exact) mass is 536 g/mol. The number of methoxy groups -OCH3 is 1.